The van der Waals surface area contributed by atoms with Crippen LogP contribution in [0.1, 0.15) is 58.3 Å². The van der Waals surface area contributed by atoms with Gasteiger partial charge in [0.2, 0.25) is 0 Å². The van der Waals surface area contributed by atoms with Crippen LogP contribution in [0.4, 0.5) is 5.00 Å². The first kappa shape index (κ1) is 24.5. The van der Waals surface area contributed by atoms with E-state index in [0.29, 0.717) is 43.7 Å². The zero-order valence-electron chi connectivity index (χ0n) is 20.5. The van der Waals surface area contributed by atoms with Gasteiger partial charge in [-0.25, -0.2) is 4.98 Å². The first-order valence-electron chi connectivity index (χ1n) is 12.0. The molecule has 2 aromatic carbocycles. The standard InChI is InChI=1S/C29H28ClN3O2S/c1-29(2,3)17-9-11-19-24(13-17)36-28(25(19)26(31)34)33-27(35)21-15-23(16-7-5-4-6-8-16)32-22-12-10-18(30)14-20(21)22/h4-8,10,12,14-15,17H,9,11,13H2,1-3H3,(H2,31,34)(H,33,35)/t17-/m1/s1. The van der Waals surface area contributed by atoms with Gasteiger partial charge in [-0.15, -0.1) is 11.3 Å². The van der Waals surface area contributed by atoms with Crippen molar-refractivity contribution in [3.05, 3.63) is 81.2 Å². The van der Waals surface area contributed by atoms with E-state index in [1.807, 2.05) is 36.4 Å². The lowest BCUT2D eigenvalue weighted by molar-refractivity contribution is 0.1000. The van der Waals surface area contributed by atoms with Gasteiger partial charge in [0.25, 0.3) is 11.8 Å². The van der Waals surface area contributed by atoms with Gasteiger partial charge in [-0.2, -0.15) is 0 Å². The van der Waals surface area contributed by atoms with Gasteiger partial charge in [-0.1, -0.05) is 62.7 Å². The maximum absolute atomic E-state index is 13.7. The molecule has 5 nitrogen and oxygen atoms in total. The lowest BCUT2D eigenvalue weighted by Crippen LogP contribution is -2.27. The number of carbonyl (C=O) groups excluding carboxylic acids is 2. The molecule has 1 atom stereocenters. The summed E-state index contributed by atoms with van der Waals surface area (Å²) >= 11 is 7.75. The monoisotopic (exact) mass is 517 g/mol. The number of primary amides is 1. The number of fused-ring (bicyclic) bond motifs is 2. The van der Waals surface area contributed by atoms with Crippen LogP contribution in [0.2, 0.25) is 5.02 Å². The van der Waals surface area contributed by atoms with E-state index >= 15 is 0 Å². The molecule has 36 heavy (non-hydrogen) atoms. The highest BCUT2D eigenvalue weighted by Crippen LogP contribution is 2.44. The van der Waals surface area contributed by atoms with Crippen LogP contribution >= 0.6 is 22.9 Å². The van der Waals surface area contributed by atoms with Crippen molar-refractivity contribution in [1.82, 2.24) is 4.98 Å². The number of thiophene rings is 1. The third-order valence-electron chi connectivity index (χ3n) is 7.05. The van der Waals surface area contributed by atoms with E-state index in [0.717, 1.165) is 35.3 Å². The van der Waals surface area contributed by atoms with Crippen molar-refractivity contribution in [1.29, 1.82) is 0 Å². The van der Waals surface area contributed by atoms with Crippen LogP contribution in [0, 0.1) is 11.3 Å². The third-order valence-corrected chi connectivity index (χ3v) is 8.45. The predicted molar refractivity (Wildman–Crippen MR) is 148 cm³/mol. The number of halogens is 1. The Morgan fingerprint density at radius 2 is 1.86 bits per heavy atom. The van der Waals surface area contributed by atoms with E-state index in [-0.39, 0.29) is 11.3 Å². The molecule has 0 saturated heterocycles. The summed E-state index contributed by atoms with van der Waals surface area (Å²) in [6, 6.07) is 16.8. The highest BCUT2D eigenvalue weighted by atomic mass is 35.5. The summed E-state index contributed by atoms with van der Waals surface area (Å²) in [5, 5.41) is 4.70. The number of hydrogen-bond acceptors (Lipinski definition) is 4. The molecule has 1 aliphatic carbocycles. The minimum atomic E-state index is -0.510. The molecule has 1 aliphatic rings. The van der Waals surface area contributed by atoms with Gasteiger partial charge in [0.05, 0.1) is 22.3 Å². The normalized spacial score (nSPS) is 15.5. The zero-order chi connectivity index (χ0) is 25.6. The van der Waals surface area contributed by atoms with Crippen LogP contribution in [0.3, 0.4) is 0 Å². The summed E-state index contributed by atoms with van der Waals surface area (Å²) in [5.41, 5.74) is 10.1. The molecule has 2 heterocycles. The fourth-order valence-corrected chi connectivity index (χ4v) is 6.49. The molecule has 0 bridgehead atoms. The van der Waals surface area contributed by atoms with Crippen molar-refractivity contribution in [2.24, 2.45) is 17.1 Å². The van der Waals surface area contributed by atoms with Gasteiger partial charge < -0.3 is 11.1 Å². The van der Waals surface area contributed by atoms with Crippen LogP contribution in [0.15, 0.2) is 54.6 Å². The molecule has 2 aromatic heterocycles. The molecule has 0 spiro atoms. The van der Waals surface area contributed by atoms with E-state index in [1.54, 1.807) is 18.2 Å². The molecule has 184 valence electrons. The number of nitrogens with one attached hydrogen (secondary N) is 1. The van der Waals surface area contributed by atoms with E-state index in [9.17, 15) is 9.59 Å². The zero-order valence-corrected chi connectivity index (χ0v) is 22.1. The van der Waals surface area contributed by atoms with Crippen LogP contribution in [-0.4, -0.2) is 16.8 Å². The molecule has 0 saturated carbocycles. The summed E-state index contributed by atoms with van der Waals surface area (Å²) in [4.78, 5) is 32.1. The largest absolute Gasteiger partial charge is 0.365 e. The molecular weight excluding hydrogens is 490 g/mol. The molecule has 7 heteroatoms. The van der Waals surface area contributed by atoms with Crippen molar-refractivity contribution in [2.75, 3.05) is 5.32 Å². The van der Waals surface area contributed by atoms with E-state index in [1.165, 1.54) is 11.3 Å². The fourth-order valence-electron chi connectivity index (χ4n) is 4.99. The Morgan fingerprint density at radius 3 is 2.56 bits per heavy atom. The Morgan fingerprint density at radius 1 is 1.11 bits per heavy atom. The average molecular weight is 518 g/mol. The Bertz CT molecular complexity index is 1490. The lowest BCUT2D eigenvalue weighted by atomic mass is 9.72. The Kier molecular flexibility index (Phi) is 6.35. The number of nitrogens with zero attached hydrogens (tertiary/aromatic N) is 1. The molecule has 3 N–H and O–H groups in total. The maximum atomic E-state index is 13.7. The first-order valence-corrected chi connectivity index (χ1v) is 13.2. The number of carbonyl (C=O) groups is 2. The Balaban J connectivity index is 1.57. The van der Waals surface area contributed by atoms with Gasteiger partial charge in [0, 0.05) is 20.8 Å². The topological polar surface area (TPSA) is 85.1 Å². The summed E-state index contributed by atoms with van der Waals surface area (Å²) in [5.74, 6) is -0.326. The quantitative estimate of drug-likeness (QED) is 0.302. The number of aromatic nitrogens is 1. The minimum absolute atomic E-state index is 0.168. The van der Waals surface area contributed by atoms with Gasteiger partial charge in [-0.05, 0) is 60.4 Å². The molecule has 0 radical (unpaired) electrons. The molecule has 5 rings (SSSR count). The SMILES string of the molecule is CC(C)(C)[C@@H]1CCc2c(sc(NC(=O)c3cc(-c4ccccc4)nc4ccc(Cl)cc34)c2C(N)=O)C1. The predicted octanol–water partition coefficient (Wildman–Crippen LogP) is 7.12. The second-order valence-electron chi connectivity index (χ2n) is 10.4. The fraction of sp³-hybridized carbons (Fsp3) is 0.276. The second kappa shape index (κ2) is 9.34. The van der Waals surface area contributed by atoms with Gasteiger partial charge >= 0.3 is 0 Å². The Hall–Kier alpha value is -3.22. The molecule has 0 unspecified atom stereocenters. The number of nitrogens with two attached hydrogens (primary N) is 1. The number of pyridine rings is 1. The number of amides is 2. The Labute approximate surface area is 219 Å². The number of hydrogen-bond donors (Lipinski definition) is 2. The molecule has 2 amide bonds. The summed E-state index contributed by atoms with van der Waals surface area (Å²) in [7, 11) is 0. The van der Waals surface area contributed by atoms with Crippen molar-refractivity contribution in [3.63, 3.8) is 0 Å². The van der Waals surface area contributed by atoms with Gasteiger partial charge in [0.1, 0.15) is 5.00 Å². The lowest BCUT2D eigenvalue weighted by Gasteiger charge is -2.33. The summed E-state index contributed by atoms with van der Waals surface area (Å²) in [6.07, 6.45) is 2.66. The van der Waals surface area contributed by atoms with E-state index < -0.39 is 5.91 Å². The molecule has 0 aliphatic heterocycles. The maximum Gasteiger partial charge on any atom is 0.257 e. The van der Waals surface area contributed by atoms with Gasteiger partial charge in [-0.3, -0.25) is 9.59 Å². The molecule has 4 aromatic rings. The van der Waals surface area contributed by atoms with Crippen LogP contribution in [-0.2, 0) is 12.8 Å². The van der Waals surface area contributed by atoms with Crippen molar-refractivity contribution in [3.8, 4) is 11.3 Å². The van der Waals surface area contributed by atoms with Crippen molar-refractivity contribution in [2.45, 2.75) is 40.0 Å². The van der Waals surface area contributed by atoms with Crippen LogP contribution in [0.5, 0.6) is 0 Å². The number of rotatable bonds is 4. The summed E-state index contributed by atoms with van der Waals surface area (Å²) < 4.78 is 0. The smallest absolute Gasteiger partial charge is 0.257 e. The van der Waals surface area contributed by atoms with Crippen LogP contribution in [0.25, 0.3) is 22.2 Å². The summed E-state index contributed by atoms with van der Waals surface area (Å²) in [6.45, 7) is 6.74. The number of anilines is 1. The number of benzene rings is 2. The van der Waals surface area contributed by atoms with Crippen molar-refractivity contribution >= 4 is 50.7 Å². The van der Waals surface area contributed by atoms with Gasteiger partial charge in [0.15, 0.2) is 0 Å². The highest BCUT2D eigenvalue weighted by Gasteiger charge is 2.33. The first-order chi connectivity index (χ1) is 17.1. The van der Waals surface area contributed by atoms with E-state index in [2.05, 4.69) is 26.1 Å². The average Bonchev–Trinajstić information content (AvgIpc) is 3.20. The van der Waals surface area contributed by atoms with E-state index in [4.69, 9.17) is 22.3 Å². The molecular formula is C29H28ClN3O2S. The second-order valence-corrected chi connectivity index (χ2v) is 12.0. The highest BCUT2D eigenvalue weighted by molar-refractivity contribution is 7.17. The van der Waals surface area contributed by atoms with Crippen LogP contribution < -0.4 is 11.1 Å². The minimum Gasteiger partial charge on any atom is -0.365 e. The third kappa shape index (κ3) is 4.63. The van der Waals surface area contributed by atoms with Crippen molar-refractivity contribution < 1.29 is 9.59 Å². The molecule has 0 fully saturated rings.